The lowest BCUT2D eigenvalue weighted by Crippen LogP contribution is -2.12. The van der Waals surface area contributed by atoms with Gasteiger partial charge in [0.15, 0.2) is 0 Å². The Labute approximate surface area is 143 Å². The van der Waals surface area contributed by atoms with E-state index in [9.17, 15) is 19.5 Å². The summed E-state index contributed by atoms with van der Waals surface area (Å²) in [6.07, 6.45) is 0.604. The molecule has 0 radical (unpaired) electrons. The monoisotopic (exact) mass is 341 g/mol. The topological polar surface area (TPSA) is 113 Å². The number of aliphatic hydroxyl groups is 1. The molecule has 0 aliphatic heterocycles. The second-order valence-electron chi connectivity index (χ2n) is 4.96. The van der Waals surface area contributed by atoms with Crippen molar-refractivity contribution in [1.82, 2.24) is 0 Å². The van der Waals surface area contributed by atoms with Crippen molar-refractivity contribution in [3.8, 4) is 5.75 Å². The molecular weight excluding hydrogens is 326 g/mol. The van der Waals surface area contributed by atoms with Gasteiger partial charge in [-0.3, -0.25) is 9.59 Å². The molecule has 7 heteroatoms. The van der Waals surface area contributed by atoms with Crippen molar-refractivity contribution in [2.24, 2.45) is 0 Å². The molecule has 0 saturated carbocycles. The molecule has 0 saturated heterocycles. The molecule has 0 fully saturated rings. The molecule has 2 aromatic carbocycles. The lowest BCUT2D eigenvalue weighted by Gasteiger charge is -2.08. The van der Waals surface area contributed by atoms with Crippen LogP contribution in [0.3, 0.4) is 0 Å². The van der Waals surface area contributed by atoms with Gasteiger partial charge in [0.1, 0.15) is 11.5 Å². The molecule has 0 atom stereocenters. The molecule has 2 rings (SSSR count). The number of ketones is 1. The average molecular weight is 341 g/mol. The highest BCUT2D eigenvalue weighted by molar-refractivity contribution is 6.38. The van der Waals surface area contributed by atoms with Crippen LogP contribution in [0, 0.1) is 0 Å². The molecular formula is C18H15NO6. The Morgan fingerprint density at radius 3 is 2.28 bits per heavy atom. The third-order valence-corrected chi connectivity index (χ3v) is 3.25. The van der Waals surface area contributed by atoms with Gasteiger partial charge in [0.25, 0.3) is 11.7 Å². The highest BCUT2D eigenvalue weighted by atomic mass is 16.5. The van der Waals surface area contributed by atoms with Crippen LogP contribution in [0.25, 0.3) is 5.76 Å². The van der Waals surface area contributed by atoms with E-state index >= 15 is 0 Å². The highest BCUT2D eigenvalue weighted by Gasteiger charge is 2.12. The van der Waals surface area contributed by atoms with Crippen LogP contribution in [0.1, 0.15) is 15.9 Å². The van der Waals surface area contributed by atoms with Crippen molar-refractivity contribution in [2.45, 2.75) is 0 Å². The number of methoxy groups -OCH3 is 1. The second kappa shape index (κ2) is 7.78. The van der Waals surface area contributed by atoms with Crippen molar-refractivity contribution in [1.29, 1.82) is 0 Å². The largest absolute Gasteiger partial charge is 0.507 e. The summed E-state index contributed by atoms with van der Waals surface area (Å²) in [5, 5.41) is 21.0. The van der Waals surface area contributed by atoms with Crippen LogP contribution in [0.15, 0.2) is 54.6 Å². The van der Waals surface area contributed by atoms with E-state index < -0.39 is 17.5 Å². The maximum Gasteiger partial charge on any atom is 0.376 e. The minimum absolute atomic E-state index is 0.196. The average Bonchev–Trinajstić information content (AvgIpc) is 2.61. The summed E-state index contributed by atoms with van der Waals surface area (Å²) in [6.45, 7) is 0. The fraction of sp³-hybridized carbons (Fsp3) is 0.0556. The summed E-state index contributed by atoms with van der Waals surface area (Å²) < 4.78 is 5.02. The summed E-state index contributed by atoms with van der Waals surface area (Å²) in [7, 11) is 1.52. The van der Waals surface area contributed by atoms with Crippen LogP contribution in [0.4, 0.5) is 5.69 Å². The van der Waals surface area contributed by atoms with Gasteiger partial charge in [-0.25, -0.2) is 4.79 Å². The Morgan fingerprint density at radius 1 is 1.00 bits per heavy atom. The minimum Gasteiger partial charge on any atom is -0.507 e. The van der Waals surface area contributed by atoms with Crippen LogP contribution in [0.5, 0.6) is 5.75 Å². The summed E-state index contributed by atoms with van der Waals surface area (Å²) in [5.74, 6) is -3.17. The van der Waals surface area contributed by atoms with Crippen molar-refractivity contribution in [3.63, 3.8) is 0 Å². The van der Waals surface area contributed by atoms with Crippen molar-refractivity contribution < 1.29 is 29.3 Å². The van der Waals surface area contributed by atoms with Crippen LogP contribution in [-0.4, -0.2) is 35.0 Å². The van der Waals surface area contributed by atoms with Gasteiger partial charge in [0.05, 0.1) is 7.11 Å². The number of carbonyl (C=O) groups excluding carboxylic acids is 2. The number of anilines is 1. The zero-order valence-electron chi connectivity index (χ0n) is 13.2. The van der Waals surface area contributed by atoms with Crippen molar-refractivity contribution in [2.75, 3.05) is 12.4 Å². The smallest absolute Gasteiger partial charge is 0.376 e. The van der Waals surface area contributed by atoms with Gasteiger partial charge < -0.3 is 20.3 Å². The van der Waals surface area contributed by atoms with Crippen LogP contribution >= 0.6 is 0 Å². The number of carboxylic acid groups (broad SMARTS) is 1. The number of aliphatic carboxylic acids is 1. The first-order valence-corrected chi connectivity index (χ1v) is 7.14. The van der Waals surface area contributed by atoms with E-state index in [1.54, 1.807) is 36.4 Å². The Hall–Kier alpha value is -3.61. The fourth-order valence-electron chi connectivity index (χ4n) is 1.97. The Kier molecular flexibility index (Phi) is 5.52. The van der Waals surface area contributed by atoms with Gasteiger partial charge in [-0.15, -0.1) is 0 Å². The lowest BCUT2D eigenvalue weighted by atomic mass is 10.1. The maximum absolute atomic E-state index is 12.2. The van der Waals surface area contributed by atoms with Crippen molar-refractivity contribution in [3.05, 3.63) is 65.7 Å². The Bertz CT molecular complexity index is 839. The predicted octanol–water partition coefficient (Wildman–Crippen LogP) is 2.50. The normalized spacial score (nSPS) is 10.8. The Morgan fingerprint density at radius 2 is 1.68 bits per heavy atom. The second-order valence-corrected chi connectivity index (χ2v) is 4.96. The standard InChI is InChI=1S/C18H15NO6/c1-25-14-7-5-11(6-8-14)17(22)19-13-4-2-3-12(9-13)15(20)10-16(21)18(23)24/h2-10,20H,1H3,(H,19,22)(H,23,24)/b15-10-. The van der Waals surface area contributed by atoms with E-state index in [2.05, 4.69) is 5.32 Å². The molecule has 0 aliphatic carbocycles. The fourth-order valence-corrected chi connectivity index (χ4v) is 1.97. The van der Waals surface area contributed by atoms with Crippen LogP contribution < -0.4 is 10.1 Å². The van der Waals surface area contributed by atoms with E-state index in [1.807, 2.05) is 0 Å². The molecule has 7 nitrogen and oxygen atoms in total. The third-order valence-electron chi connectivity index (χ3n) is 3.25. The number of benzene rings is 2. The van der Waals surface area contributed by atoms with Crippen LogP contribution in [0.2, 0.25) is 0 Å². The number of carbonyl (C=O) groups is 3. The number of carboxylic acids is 1. The maximum atomic E-state index is 12.2. The first kappa shape index (κ1) is 17.7. The highest BCUT2D eigenvalue weighted by Crippen LogP contribution is 2.18. The number of amides is 1. The van der Waals surface area contributed by atoms with Gasteiger partial charge >= 0.3 is 5.97 Å². The summed E-state index contributed by atoms with van der Waals surface area (Å²) in [5.41, 5.74) is 0.982. The Balaban J connectivity index is 2.16. The SMILES string of the molecule is COc1ccc(C(=O)Nc2cccc(/C(O)=C/C(=O)C(=O)O)c2)cc1. The quantitative estimate of drug-likeness (QED) is 0.423. The first-order chi connectivity index (χ1) is 11.9. The zero-order chi connectivity index (χ0) is 18.4. The molecule has 0 unspecified atom stereocenters. The lowest BCUT2D eigenvalue weighted by molar-refractivity contribution is -0.146. The number of nitrogens with one attached hydrogen (secondary N) is 1. The van der Waals surface area contributed by atoms with E-state index in [0.717, 1.165) is 0 Å². The van der Waals surface area contributed by atoms with Gasteiger partial charge in [-0.05, 0) is 36.4 Å². The molecule has 25 heavy (non-hydrogen) atoms. The summed E-state index contributed by atoms with van der Waals surface area (Å²) in [4.78, 5) is 33.8. The number of aliphatic hydroxyl groups excluding tert-OH is 1. The predicted molar refractivity (Wildman–Crippen MR) is 90.6 cm³/mol. The molecule has 0 spiro atoms. The zero-order valence-corrected chi connectivity index (χ0v) is 13.2. The number of ether oxygens (including phenoxy) is 1. The molecule has 0 aliphatic rings. The number of hydrogen-bond acceptors (Lipinski definition) is 5. The van der Waals surface area contributed by atoms with Crippen molar-refractivity contribution >= 4 is 29.1 Å². The van der Waals surface area contributed by atoms with E-state index in [-0.39, 0.29) is 11.5 Å². The molecule has 0 heterocycles. The van der Waals surface area contributed by atoms with Gasteiger partial charge in [-0.1, -0.05) is 12.1 Å². The van der Waals surface area contributed by atoms with Gasteiger partial charge in [0.2, 0.25) is 0 Å². The van der Waals surface area contributed by atoms with E-state index in [1.165, 1.54) is 19.2 Å². The third kappa shape index (κ3) is 4.68. The molecule has 2 aromatic rings. The van der Waals surface area contributed by atoms with Gasteiger partial charge in [-0.2, -0.15) is 0 Å². The molecule has 0 aromatic heterocycles. The molecule has 128 valence electrons. The van der Waals surface area contributed by atoms with Crippen LogP contribution in [-0.2, 0) is 9.59 Å². The number of rotatable bonds is 6. The van der Waals surface area contributed by atoms with Gasteiger partial charge in [0, 0.05) is 22.9 Å². The summed E-state index contributed by atoms with van der Waals surface area (Å²) in [6, 6.07) is 12.5. The molecule has 1 amide bonds. The minimum atomic E-state index is -1.67. The molecule has 0 bridgehead atoms. The van der Waals surface area contributed by atoms with E-state index in [0.29, 0.717) is 23.1 Å². The van der Waals surface area contributed by atoms with E-state index in [4.69, 9.17) is 9.84 Å². The first-order valence-electron chi connectivity index (χ1n) is 7.14. The summed E-state index contributed by atoms with van der Waals surface area (Å²) >= 11 is 0. The molecule has 3 N–H and O–H groups in total. The number of hydrogen-bond donors (Lipinski definition) is 3.